The van der Waals surface area contributed by atoms with Crippen LogP contribution in [0.2, 0.25) is 0 Å². The first-order valence-electron chi connectivity index (χ1n) is 7.12. The Bertz CT molecular complexity index is 710. The number of tetrazole rings is 1. The zero-order valence-corrected chi connectivity index (χ0v) is 14.9. The number of piperidine rings is 1. The average Bonchev–Trinajstić information content (AvgIpc) is 3.10. The summed E-state index contributed by atoms with van der Waals surface area (Å²) in [4.78, 5) is 14.2. The number of hydrogen-bond donors (Lipinski definition) is 2. The van der Waals surface area contributed by atoms with E-state index in [1.54, 1.807) is 6.07 Å². The van der Waals surface area contributed by atoms with E-state index in [1.807, 2.05) is 12.1 Å². The topological polar surface area (TPSA) is 111 Å². The van der Waals surface area contributed by atoms with E-state index in [2.05, 4.69) is 36.9 Å². The van der Waals surface area contributed by atoms with Gasteiger partial charge in [0.15, 0.2) is 0 Å². The van der Waals surface area contributed by atoms with Crippen molar-refractivity contribution < 1.29 is 35.8 Å². The Labute approximate surface area is 157 Å². The van der Waals surface area contributed by atoms with Crippen molar-refractivity contribution in [1.82, 2.24) is 20.6 Å². The molecule has 23 heavy (non-hydrogen) atoms. The van der Waals surface area contributed by atoms with Crippen LogP contribution in [-0.4, -0.2) is 39.6 Å². The third kappa shape index (κ3) is 3.88. The summed E-state index contributed by atoms with van der Waals surface area (Å²) < 4.78 is 0. The number of aromatic amines is 1. The molecule has 1 aromatic carbocycles. The second kappa shape index (κ2) is 8.06. The summed E-state index contributed by atoms with van der Waals surface area (Å²) in [5.74, 6) is -0.562. The number of rotatable bonds is 3. The Hall–Kier alpha value is -1.95. The molecule has 1 aliphatic heterocycles. The first-order chi connectivity index (χ1) is 10.8. The summed E-state index contributed by atoms with van der Waals surface area (Å²) >= 11 is 0. The number of nitriles is 1. The third-order valence-electron chi connectivity index (χ3n) is 3.65. The summed E-state index contributed by atoms with van der Waals surface area (Å²) in [5, 5.41) is 25.0. The maximum atomic E-state index is 12.0. The van der Waals surface area contributed by atoms with E-state index >= 15 is 0 Å². The predicted molar refractivity (Wildman–Crippen MR) is 80.5 cm³/mol. The van der Waals surface area contributed by atoms with Crippen LogP contribution >= 0.6 is 0 Å². The van der Waals surface area contributed by atoms with Gasteiger partial charge in [0.1, 0.15) is 6.07 Å². The minimum Gasteiger partial charge on any atom is -1.00 e. The van der Waals surface area contributed by atoms with Gasteiger partial charge in [0.05, 0.1) is 16.9 Å². The molecule has 114 valence electrons. The van der Waals surface area contributed by atoms with E-state index in [-0.39, 0.29) is 36.8 Å². The number of amides is 1. The van der Waals surface area contributed by atoms with Crippen molar-refractivity contribution in [2.45, 2.75) is 19.3 Å². The number of hydrogen-bond acceptors (Lipinski definition) is 6. The van der Waals surface area contributed by atoms with Gasteiger partial charge in [-0.15, -0.1) is 10.2 Å². The van der Waals surface area contributed by atoms with Gasteiger partial charge in [-0.05, 0) is 36.6 Å². The maximum Gasteiger partial charge on any atom is 1.00 e. The number of carbonyl (C=O) groups excluding carboxylic acids is 1. The molecule has 3 rings (SSSR count). The molecule has 2 aromatic rings. The number of H-pyrrole nitrogens is 1. The quantitative estimate of drug-likeness (QED) is 0.661. The molecule has 1 aromatic heterocycles. The molecule has 0 bridgehead atoms. The molecule has 9 heteroatoms. The van der Waals surface area contributed by atoms with Crippen molar-refractivity contribution in [3.8, 4) is 6.07 Å². The van der Waals surface area contributed by atoms with Crippen LogP contribution in [0.1, 0.15) is 36.9 Å². The van der Waals surface area contributed by atoms with Crippen LogP contribution in [-0.2, 0) is 0 Å². The summed E-state index contributed by atoms with van der Waals surface area (Å²) in [6.45, 7) is 1.86. The fourth-order valence-electron chi connectivity index (χ4n) is 2.60. The van der Waals surface area contributed by atoms with E-state index < -0.39 is 5.91 Å². The predicted octanol–water partition coefficient (Wildman–Crippen LogP) is -1.57. The van der Waals surface area contributed by atoms with Gasteiger partial charge in [-0.25, -0.2) is 0 Å². The van der Waals surface area contributed by atoms with Crippen molar-refractivity contribution in [3.05, 3.63) is 29.6 Å². The largest absolute Gasteiger partial charge is 1.00 e. The normalized spacial score (nSPS) is 13.8. The van der Waals surface area contributed by atoms with Crippen LogP contribution in [0.4, 0.5) is 11.4 Å². The van der Waals surface area contributed by atoms with Gasteiger partial charge >= 0.3 is 29.6 Å². The molecule has 0 spiro atoms. The van der Waals surface area contributed by atoms with Crippen molar-refractivity contribution in [2.24, 2.45) is 0 Å². The minimum atomic E-state index is -0.499. The van der Waals surface area contributed by atoms with E-state index in [0.717, 1.165) is 31.6 Å². The monoisotopic (exact) mass is 321 g/mol. The Morgan fingerprint density at radius 2 is 2.13 bits per heavy atom. The number of benzene rings is 1. The first kappa shape index (κ1) is 17.4. The maximum absolute atomic E-state index is 12.0. The summed E-state index contributed by atoms with van der Waals surface area (Å²) in [7, 11) is 0. The zero-order chi connectivity index (χ0) is 15.4. The SMILES string of the molecule is N#Cc1c(NC(=O)c2nn[nH]n2)cccc1N1CCCCC1.[H-].[Na+]. The molecule has 2 heterocycles. The summed E-state index contributed by atoms with van der Waals surface area (Å²) in [5.41, 5.74) is 1.77. The summed E-state index contributed by atoms with van der Waals surface area (Å²) in [6.07, 6.45) is 3.45. The average molecular weight is 321 g/mol. The molecule has 0 saturated carbocycles. The number of aromatic nitrogens is 4. The Morgan fingerprint density at radius 1 is 1.35 bits per heavy atom. The molecule has 0 radical (unpaired) electrons. The first-order valence-corrected chi connectivity index (χ1v) is 7.12. The molecule has 2 N–H and O–H groups in total. The number of nitrogens with one attached hydrogen (secondary N) is 2. The molecule has 1 amide bonds. The standard InChI is InChI=1S/C14H15N7O.Na.H/c15-9-10-11(16-14(22)13-17-19-20-18-13)5-4-6-12(10)21-7-2-1-3-8-21;;/h4-6H,1-3,7-8H2,(H,16,22)(H,17,18,19,20);;/q;+1;-1. The van der Waals surface area contributed by atoms with Gasteiger partial charge in [-0.2, -0.15) is 10.5 Å². The fourth-order valence-corrected chi connectivity index (χ4v) is 2.60. The summed E-state index contributed by atoms with van der Waals surface area (Å²) in [6, 6.07) is 7.63. The van der Waals surface area contributed by atoms with Crippen molar-refractivity contribution in [3.63, 3.8) is 0 Å². The van der Waals surface area contributed by atoms with E-state index in [1.165, 1.54) is 6.42 Å². The van der Waals surface area contributed by atoms with Gasteiger partial charge in [0.25, 0.3) is 11.7 Å². The van der Waals surface area contributed by atoms with Gasteiger partial charge in [-0.3, -0.25) is 4.79 Å². The molecular weight excluding hydrogens is 305 g/mol. The van der Waals surface area contributed by atoms with Gasteiger partial charge < -0.3 is 11.6 Å². The molecule has 0 aliphatic carbocycles. The van der Waals surface area contributed by atoms with Gasteiger partial charge in [-0.1, -0.05) is 6.07 Å². The van der Waals surface area contributed by atoms with Crippen LogP contribution in [0.3, 0.4) is 0 Å². The van der Waals surface area contributed by atoms with E-state index in [9.17, 15) is 10.1 Å². The van der Waals surface area contributed by atoms with Gasteiger partial charge in [0.2, 0.25) is 0 Å². The molecule has 0 atom stereocenters. The Balaban J connectivity index is 0.00000144. The van der Waals surface area contributed by atoms with Crippen LogP contribution in [0, 0.1) is 11.3 Å². The van der Waals surface area contributed by atoms with Gasteiger partial charge in [0, 0.05) is 13.1 Å². The van der Waals surface area contributed by atoms with Crippen molar-refractivity contribution in [1.29, 1.82) is 5.26 Å². The van der Waals surface area contributed by atoms with Crippen LogP contribution in [0.5, 0.6) is 0 Å². The number of carbonyl (C=O) groups is 1. The minimum absolute atomic E-state index is 0. The smallest absolute Gasteiger partial charge is 1.00 e. The third-order valence-corrected chi connectivity index (χ3v) is 3.65. The molecule has 0 unspecified atom stereocenters. The number of anilines is 2. The second-order valence-corrected chi connectivity index (χ2v) is 5.05. The molecule has 1 saturated heterocycles. The fraction of sp³-hybridized carbons (Fsp3) is 0.357. The van der Waals surface area contributed by atoms with Crippen LogP contribution in [0.15, 0.2) is 18.2 Å². The van der Waals surface area contributed by atoms with E-state index in [0.29, 0.717) is 11.3 Å². The van der Waals surface area contributed by atoms with Crippen LogP contribution in [0.25, 0.3) is 0 Å². The Morgan fingerprint density at radius 3 is 2.78 bits per heavy atom. The number of nitrogens with zero attached hydrogens (tertiary/aromatic N) is 5. The van der Waals surface area contributed by atoms with Crippen molar-refractivity contribution >= 4 is 17.3 Å². The second-order valence-electron chi connectivity index (χ2n) is 5.05. The Kier molecular flexibility index (Phi) is 6.10. The molecular formula is C14H16N7NaO. The van der Waals surface area contributed by atoms with Crippen LogP contribution < -0.4 is 39.8 Å². The molecule has 8 nitrogen and oxygen atoms in total. The van der Waals surface area contributed by atoms with Crippen molar-refractivity contribution in [2.75, 3.05) is 23.3 Å². The molecule has 1 fully saturated rings. The molecule has 1 aliphatic rings. The van der Waals surface area contributed by atoms with E-state index in [4.69, 9.17) is 0 Å². The zero-order valence-electron chi connectivity index (χ0n) is 13.9.